The summed E-state index contributed by atoms with van der Waals surface area (Å²) < 4.78 is 5.27. The Hall–Kier alpha value is -6.52. The van der Waals surface area contributed by atoms with Crippen molar-refractivity contribution in [2.45, 2.75) is 0 Å². The molecule has 0 fully saturated rings. The van der Waals surface area contributed by atoms with Crippen molar-refractivity contribution in [1.29, 1.82) is 0 Å². The molecule has 3 heteroatoms. The standard InChI is InChI=1S/C52H33NS2/c1-2-13-36-32-38(25-24-34(36)12-1)40-14-3-7-20-47(40)53(39-29-26-35(27-30-39)37-28-31-44-42-16-5-9-22-49(42)54-51(44)33-37)48-21-8-4-15-41(48)45-18-11-19-46-43-17-6-10-23-50(43)55-52(45)46/h1-33H. The highest BCUT2D eigenvalue weighted by Crippen LogP contribution is 2.48. The van der Waals surface area contributed by atoms with E-state index in [9.17, 15) is 0 Å². The van der Waals surface area contributed by atoms with Crippen LogP contribution in [-0.4, -0.2) is 0 Å². The van der Waals surface area contributed by atoms with E-state index in [1.165, 1.54) is 84.5 Å². The van der Waals surface area contributed by atoms with Crippen LogP contribution in [0.2, 0.25) is 0 Å². The van der Waals surface area contributed by atoms with E-state index in [0.717, 1.165) is 17.1 Å². The molecule has 0 unspecified atom stereocenters. The Bertz CT molecular complexity index is 3220. The second-order valence-corrected chi connectivity index (χ2v) is 16.2. The highest BCUT2D eigenvalue weighted by molar-refractivity contribution is 7.26. The molecule has 11 aromatic rings. The van der Waals surface area contributed by atoms with Crippen molar-refractivity contribution in [1.82, 2.24) is 0 Å². The fraction of sp³-hybridized carbons (Fsp3) is 0. The van der Waals surface area contributed by atoms with Gasteiger partial charge in [0.15, 0.2) is 0 Å². The molecule has 0 atom stereocenters. The predicted octanol–water partition coefficient (Wildman–Crippen LogP) is 16.0. The van der Waals surface area contributed by atoms with Crippen molar-refractivity contribution in [3.05, 3.63) is 200 Å². The molecule has 2 heterocycles. The minimum Gasteiger partial charge on any atom is -0.309 e. The average Bonchev–Trinajstić information content (AvgIpc) is 3.83. The van der Waals surface area contributed by atoms with Crippen molar-refractivity contribution in [3.8, 4) is 33.4 Å². The first kappa shape index (κ1) is 32.0. The van der Waals surface area contributed by atoms with Gasteiger partial charge in [0.2, 0.25) is 0 Å². The van der Waals surface area contributed by atoms with Crippen molar-refractivity contribution in [3.63, 3.8) is 0 Å². The lowest BCUT2D eigenvalue weighted by Gasteiger charge is -2.30. The van der Waals surface area contributed by atoms with Gasteiger partial charge >= 0.3 is 0 Å². The van der Waals surface area contributed by atoms with E-state index in [4.69, 9.17) is 0 Å². The number of fused-ring (bicyclic) bond motifs is 7. The SMILES string of the molecule is c1ccc(N(c2ccc(-c3ccc4c(c3)sc3ccccc34)cc2)c2ccccc2-c2cccc3c2sc2ccccc23)c(-c2ccc3ccccc3c2)c1. The number of hydrogen-bond acceptors (Lipinski definition) is 3. The zero-order valence-corrected chi connectivity index (χ0v) is 31.4. The number of para-hydroxylation sites is 2. The van der Waals surface area contributed by atoms with Crippen LogP contribution in [0.4, 0.5) is 17.1 Å². The second-order valence-electron chi connectivity index (χ2n) is 14.1. The molecule has 0 bridgehead atoms. The Morgan fingerprint density at radius 3 is 1.69 bits per heavy atom. The molecule has 9 aromatic carbocycles. The first-order valence-corrected chi connectivity index (χ1v) is 20.3. The second kappa shape index (κ2) is 13.1. The van der Waals surface area contributed by atoms with Crippen LogP contribution in [0.1, 0.15) is 0 Å². The van der Waals surface area contributed by atoms with Gasteiger partial charge in [0.05, 0.1) is 11.4 Å². The third-order valence-corrected chi connectivity index (χ3v) is 13.2. The Morgan fingerprint density at radius 1 is 0.309 bits per heavy atom. The highest BCUT2D eigenvalue weighted by atomic mass is 32.1. The molecule has 2 aromatic heterocycles. The van der Waals surface area contributed by atoms with Crippen LogP contribution in [0.3, 0.4) is 0 Å². The minimum absolute atomic E-state index is 1.11. The molecular formula is C52H33NS2. The van der Waals surface area contributed by atoms with E-state index < -0.39 is 0 Å². The summed E-state index contributed by atoms with van der Waals surface area (Å²) in [6, 6.07) is 73.5. The fourth-order valence-electron chi connectivity index (χ4n) is 8.24. The fourth-order valence-corrected chi connectivity index (χ4v) is 10.6. The lowest BCUT2D eigenvalue weighted by atomic mass is 9.96. The minimum atomic E-state index is 1.11. The van der Waals surface area contributed by atoms with Crippen molar-refractivity contribution in [2.24, 2.45) is 0 Å². The smallest absolute Gasteiger partial charge is 0.0540 e. The maximum absolute atomic E-state index is 2.46. The first-order valence-electron chi connectivity index (χ1n) is 18.7. The van der Waals surface area contributed by atoms with E-state index in [1.54, 1.807) is 0 Å². The maximum atomic E-state index is 2.46. The maximum Gasteiger partial charge on any atom is 0.0540 e. The van der Waals surface area contributed by atoms with Crippen molar-refractivity contribution < 1.29 is 0 Å². The zero-order chi connectivity index (χ0) is 36.3. The van der Waals surface area contributed by atoms with Crippen LogP contribution in [0, 0.1) is 0 Å². The van der Waals surface area contributed by atoms with E-state index >= 15 is 0 Å². The Kier molecular flexibility index (Phi) is 7.61. The summed E-state index contributed by atoms with van der Waals surface area (Å²) in [6.07, 6.45) is 0. The number of rotatable bonds is 6. The molecule has 0 amide bonds. The van der Waals surface area contributed by atoms with Gasteiger partial charge in [-0.25, -0.2) is 0 Å². The number of benzene rings is 9. The van der Waals surface area contributed by atoms with E-state index in [0.29, 0.717) is 0 Å². The molecule has 11 rings (SSSR count). The third-order valence-electron chi connectivity index (χ3n) is 10.9. The molecular weight excluding hydrogens is 703 g/mol. The molecule has 0 radical (unpaired) electrons. The van der Waals surface area contributed by atoms with Crippen molar-refractivity contribution in [2.75, 3.05) is 4.90 Å². The van der Waals surface area contributed by atoms with Gasteiger partial charge < -0.3 is 4.90 Å². The Morgan fingerprint density at radius 2 is 0.873 bits per heavy atom. The normalized spacial score (nSPS) is 11.6. The largest absolute Gasteiger partial charge is 0.309 e. The highest BCUT2D eigenvalue weighted by Gasteiger charge is 2.22. The molecule has 0 aliphatic rings. The van der Waals surface area contributed by atoms with Crippen LogP contribution >= 0.6 is 22.7 Å². The Balaban J connectivity index is 1.10. The van der Waals surface area contributed by atoms with Crippen molar-refractivity contribution >= 4 is 90.9 Å². The number of hydrogen-bond donors (Lipinski definition) is 0. The van der Waals surface area contributed by atoms with Gasteiger partial charge in [0.25, 0.3) is 0 Å². The lowest BCUT2D eigenvalue weighted by molar-refractivity contribution is 1.28. The summed E-state index contributed by atoms with van der Waals surface area (Å²) in [7, 11) is 0. The van der Waals surface area contributed by atoms with Gasteiger partial charge in [-0.1, -0.05) is 152 Å². The van der Waals surface area contributed by atoms with Crippen LogP contribution in [-0.2, 0) is 0 Å². The van der Waals surface area contributed by atoms with Gasteiger partial charge in [-0.05, 0) is 76.0 Å². The molecule has 1 nitrogen and oxygen atoms in total. The topological polar surface area (TPSA) is 3.24 Å². The van der Waals surface area contributed by atoms with E-state index in [2.05, 4.69) is 205 Å². The number of anilines is 3. The summed E-state index contributed by atoms with van der Waals surface area (Å²) in [5.41, 5.74) is 10.6. The van der Waals surface area contributed by atoms with Crippen LogP contribution in [0.5, 0.6) is 0 Å². The molecule has 0 saturated heterocycles. The number of thiophene rings is 2. The van der Waals surface area contributed by atoms with Gasteiger partial charge in [-0.2, -0.15) is 0 Å². The molecule has 55 heavy (non-hydrogen) atoms. The summed E-state index contributed by atoms with van der Waals surface area (Å²) in [4.78, 5) is 2.46. The number of nitrogens with zero attached hydrogens (tertiary/aromatic N) is 1. The molecule has 0 aliphatic carbocycles. The summed E-state index contributed by atoms with van der Waals surface area (Å²) in [6.45, 7) is 0. The van der Waals surface area contributed by atoms with Gasteiger partial charge in [-0.15, -0.1) is 22.7 Å². The molecule has 0 N–H and O–H groups in total. The summed E-state index contributed by atoms with van der Waals surface area (Å²) in [5.74, 6) is 0. The van der Waals surface area contributed by atoms with Crippen LogP contribution < -0.4 is 4.90 Å². The lowest BCUT2D eigenvalue weighted by Crippen LogP contribution is -2.12. The summed E-state index contributed by atoms with van der Waals surface area (Å²) in [5, 5.41) is 7.74. The van der Waals surface area contributed by atoms with Crippen LogP contribution in [0.25, 0.3) is 84.5 Å². The zero-order valence-electron chi connectivity index (χ0n) is 29.8. The van der Waals surface area contributed by atoms with Gasteiger partial charge in [0, 0.05) is 62.7 Å². The van der Waals surface area contributed by atoms with Gasteiger partial charge in [0.1, 0.15) is 0 Å². The summed E-state index contributed by atoms with van der Waals surface area (Å²) >= 11 is 3.75. The van der Waals surface area contributed by atoms with E-state index in [-0.39, 0.29) is 0 Å². The first-order chi connectivity index (χ1) is 27.3. The van der Waals surface area contributed by atoms with Crippen LogP contribution in [0.15, 0.2) is 200 Å². The van der Waals surface area contributed by atoms with E-state index in [1.807, 2.05) is 22.7 Å². The Labute approximate surface area is 327 Å². The monoisotopic (exact) mass is 735 g/mol. The van der Waals surface area contributed by atoms with Gasteiger partial charge in [-0.3, -0.25) is 0 Å². The molecule has 0 aliphatic heterocycles. The quantitative estimate of drug-likeness (QED) is 0.164. The molecule has 0 saturated carbocycles. The third kappa shape index (κ3) is 5.43. The average molecular weight is 736 g/mol. The molecule has 258 valence electrons. The molecule has 0 spiro atoms. The predicted molar refractivity (Wildman–Crippen MR) is 241 cm³/mol.